The number of hydrogen-bond donors (Lipinski definition) is 2. The molecule has 2 N–H and O–H groups in total. The van der Waals surface area contributed by atoms with Gasteiger partial charge >= 0.3 is 0 Å². The van der Waals surface area contributed by atoms with Gasteiger partial charge in [-0.05, 0) is 56.9 Å². The summed E-state index contributed by atoms with van der Waals surface area (Å²) < 4.78 is 7.80. The third-order valence-corrected chi connectivity index (χ3v) is 8.24. The molecule has 2 aliphatic carbocycles. The van der Waals surface area contributed by atoms with Crippen molar-refractivity contribution in [1.82, 2.24) is 19.7 Å². The number of rotatable bonds is 10. The third kappa shape index (κ3) is 6.76. The first-order chi connectivity index (χ1) is 15.3. The van der Waals surface area contributed by atoms with Crippen LogP contribution in [0.1, 0.15) is 44.1 Å². The molecule has 0 unspecified atom stereocenters. The molecule has 0 aliphatic heterocycles. The van der Waals surface area contributed by atoms with E-state index in [9.17, 15) is 5.11 Å². The highest BCUT2D eigenvalue weighted by Gasteiger charge is 2.26. The summed E-state index contributed by atoms with van der Waals surface area (Å²) in [5.74, 6) is 1.30. The second-order valence-electron chi connectivity index (χ2n) is 10.6. The van der Waals surface area contributed by atoms with Crippen LogP contribution in [0.4, 0.5) is 5.95 Å². The van der Waals surface area contributed by atoms with Gasteiger partial charge in [0.25, 0.3) is 0 Å². The number of ether oxygens (including phenoxy) is 1. The van der Waals surface area contributed by atoms with Gasteiger partial charge in [-0.25, -0.2) is 14.6 Å². The van der Waals surface area contributed by atoms with Crippen LogP contribution >= 0.6 is 11.6 Å². The first-order valence-electron chi connectivity index (χ1n) is 11.9. The number of aliphatic hydroxyl groups is 1. The summed E-state index contributed by atoms with van der Waals surface area (Å²) in [6.07, 6.45) is 10.6. The Kier molecular flexibility index (Phi) is 7.54. The van der Waals surface area contributed by atoms with Crippen LogP contribution in [0.3, 0.4) is 0 Å². The molecular weight excluding hydrogens is 442 g/mol. The normalized spacial score (nSPS) is 21.7. The van der Waals surface area contributed by atoms with E-state index in [1.165, 1.54) is 18.4 Å². The van der Waals surface area contributed by atoms with Crippen molar-refractivity contribution < 1.29 is 9.84 Å². The third-order valence-electron chi connectivity index (χ3n) is 6.26. The van der Waals surface area contributed by atoms with Gasteiger partial charge < -0.3 is 15.2 Å². The molecule has 9 heteroatoms. The lowest BCUT2D eigenvalue weighted by Gasteiger charge is -2.26. The predicted octanol–water partition coefficient (Wildman–Crippen LogP) is 4.97. The molecule has 0 bridgehead atoms. The molecule has 0 amide bonds. The Morgan fingerprint density at radius 1 is 1.16 bits per heavy atom. The molecule has 2 aliphatic rings. The second kappa shape index (κ2) is 10.2. The predicted molar refractivity (Wildman–Crippen MR) is 131 cm³/mol. The van der Waals surface area contributed by atoms with Crippen LogP contribution in [0.2, 0.25) is 30.7 Å². The van der Waals surface area contributed by atoms with Gasteiger partial charge in [0.2, 0.25) is 5.95 Å². The number of aromatic nitrogens is 4. The lowest BCUT2D eigenvalue weighted by Crippen LogP contribution is -2.29. The maximum atomic E-state index is 9.75. The monoisotopic (exact) mass is 477 g/mol. The van der Waals surface area contributed by atoms with Gasteiger partial charge in [-0.3, -0.25) is 0 Å². The maximum Gasteiger partial charge on any atom is 0.223 e. The van der Waals surface area contributed by atoms with E-state index in [4.69, 9.17) is 26.4 Å². The fourth-order valence-corrected chi connectivity index (χ4v) is 4.99. The Hall–Kier alpha value is -1.48. The van der Waals surface area contributed by atoms with E-state index in [0.717, 1.165) is 56.4 Å². The van der Waals surface area contributed by atoms with Gasteiger partial charge in [-0.15, -0.1) is 0 Å². The molecule has 2 heterocycles. The smallest absolute Gasteiger partial charge is 0.223 e. The average molecular weight is 478 g/mol. The Bertz CT molecular complexity index is 904. The van der Waals surface area contributed by atoms with Crippen molar-refractivity contribution in [3.05, 3.63) is 23.0 Å². The maximum absolute atomic E-state index is 9.75. The van der Waals surface area contributed by atoms with Crippen molar-refractivity contribution in [2.24, 2.45) is 5.92 Å². The highest BCUT2D eigenvalue weighted by molar-refractivity contribution is 6.76. The van der Waals surface area contributed by atoms with Crippen LogP contribution in [-0.4, -0.2) is 51.7 Å². The molecule has 32 heavy (non-hydrogen) atoms. The molecule has 0 saturated heterocycles. The Morgan fingerprint density at radius 3 is 2.59 bits per heavy atom. The van der Waals surface area contributed by atoms with Crippen molar-refractivity contribution in [3.63, 3.8) is 0 Å². The van der Waals surface area contributed by atoms with Crippen molar-refractivity contribution >= 4 is 25.6 Å². The average Bonchev–Trinajstić information content (AvgIpc) is 3.46. The van der Waals surface area contributed by atoms with E-state index in [2.05, 4.69) is 36.1 Å². The van der Waals surface area contributed by atoms with Gasteiger partial charge in [0.1, 0.15) is 18.1 Å². The number of aliphatic hydroxyl groups excluding tert-OH is 1. The standard InChI is InChI=1S/C23H36ClN5O2Si/c1-32(2,3)11-10-31-15-29-14-17(12-16-4-5-16)21(28-29)22-20(24)13-25-23(27-22)26-18-6-8-19(30)9-7-18/h13-14,16,18-19,30H,4-12,15H2,1-3H3,(H,25,26,27). The summed E-state index contributed by atoms with van der Waals surface area (Å²) in [5.41, 5.74) is 2.69. The minimum Gasteiger partial charge on any atom is -0.393 e. The van der Waals surface area contributed by atoms with E-state index in [-0.39, 0.29) is 12.1 Å². The van der Waals surface area contributed by atoms with Crippen molar-refractivity contribution in [2.75, 3.05) is 11.9 Å². The first-order valence-corrected chi connectivity index (χ1v) is 16.0. The lowest BCUT2D eigenvalue weighted by molar-refractivity contribution is 0.0787. The van der Waals surface area contributed by atoms with Crippen LogP contribution in [0, 0.1) is 5.92 Å². The summed E-state index contributed by atoms with van der Waals surface area (Å²) in [5, 5.41) is 18.5. The molecule has 2 saturated carbocycles. The highest BCUT2D eigenvalue weighted by Crippen LogP contribution is 2.36. The second-order valence-corrected chi connectivity index (χ2v) is 16.6. The van der Waals surface area contributed by atoms with Crippen LogP contribution < -0.4 is 5.32 Å². The van der Waals surface area contributed by atoms with Crippen molar-refractivity contribution in [2.45, 2.75) is 89.5 Å². The Morgan fingerprint density at radius 2 is 1.91 bits per heavy atom. The number of hydrogen-bond acceptors (Lipinski definition) is 6. The molecule has 176 valence electrons. The van der Waals surface area contributed by atoms with Crippen molar-refractivity contribution in [3.8, 4) is 11.4 Å². The quantitative estimate of drug-likeness (QED) is 0.371. The van der Waals surface area contributed by atoms with Gasteiger partial charge in [0.05, 0.1) is 17.3 Å². The molecule has 0 atom stereocenters. The summed E-state index contributed by atoms with van der Waals surface area (Å²) in [6.45, 7) is 8.28. The van der Waals surface area contributed by atoms with E-state index < -0.39 is 8.07 Å². The molecule has 0 aromatic carbocycles. The minimum atomic E-state index is -1.11. The lowest BCUT2D eigenvalue weighted by atomic mass is 9.93. The van der Waals surface area contributed by atoms with E-state index in [1.807, 2.05) is 4.68 Å². The number of halogens is 1. The summed E-state index contributed by atoms with van der Waals surface area (Å²) >= 11 is 6.54. The number of nitrogens with one attached hydrogen (secondary N) is 1. The van der Waals surface area contributed by atoms with Crippen molar-refractivity contribution in [1.29, 1.82) is 0 Å². The van der Waals surface area contributed by atoms with E-state index >= 15 is 0 Å². The summed E-state index contributed by atoms with van der Waals surface area (Å²) in [4.78, 5) is 9.16. The number of nitrogens with zero attached hydrogens (tertiary/aromatic N) is 4. The molecular formula is C23H36ClN5O2Si. The van der Waals surface area contributed by atoms with E-state index in [0.29, 0.717) is 23.4 Å². The van der Waals surface area contributed by atoms with Crippen LogP contribution in [0.25, 0.3) is 11.4 Å². The summed E-state index contributed by atoms with van der Waals surface area (Å²) in [7, 11) is -1.11. The number of anilines is 1. The molecule has 2 aromatic rings. The highest BCUT2D eigenvalue weighted by atomic mass is 35.5. The van der Waals surface area contributed by atoms with Gasteiger partial charge in [0.15, 0.2) is 0 Å². The van der Waals surface area contributed by atoms with Gasteiger partial charge in [0, 0.05) is 32.5 Å². The van der Waals surface area contributed by atoms with Gasteiger partial charge in [-0.2, -0.15) is 5.10 Å². The first kappa shape index (κ1) is 23.7. The minimum absolute atomic E-state index is 0.184. The molecule has 2 aromatic heterocycles. The van der Waals surface area contributed by atoms with Crippen LogP contribution in [0.5, 0.6) is 0 Å². The van der Waals surface area contributed by atoms with Crippen LogP contribution in [0.15, 0.2) is 12.4 Å². The molecule has 4 rings (SSSR count). The summed E-state index contributed by atoms with van der Waals surface area (Å²) in [6, 6.07) is 1.41. The topological polar surface area (TPSA) is 85.1 Å². The van der Waals surface area contributed by atoms with Crippen LogP contribution in [-0.2, 0) is 17.9 Å². The zero-order valence-corrected chi connectivity index (χ0v) is 21.2. The molecule has 2 fully saturated rings. The fourth-order valence-electron chi connectivity index (χ4n) is 4.05. The zero-order valence-electron chi connectivity index (χ0n) is 19.5. The fraction of sp³-hybridized carbons (Fsp3) is 0.696. The molecule has 0 radical (unpaired) electrons. The largest absolute Gasteiger partial charge is 0.393 e. The van der Waals surface area contributed by atoms with Gasteiger partial charge in [-0.1, -0.05) is 31.2 Å². The molecule has 7 nitrogen and oxygen atoms in total. The Balaban J connectivity index is 1.49. The Labute approximate surface area is 197 Å². The molecule has 0 spiro atoms. The zero-order chi connectivity index (χ0) is 22.7. The SMILES string of the molecule is C[Si](C)(C)CCOCn1cc(CC2CC2)c(-c2nc(NC3CCC(O)CC3)ncc2Cl)n1. The van der Waals surface area contributed by atoms with E-state index in [1.54, 1.807) is 6.20 Å².